The molecule has 3 aromatic rings. The number of nitrogens with one attached hydrogen (secondary N) is 1. The molecular formula is C29H33NO3S. The fraction of sp³-hybridized carbons (Fsp3) is 0.379. The molecular weight excluding hydrogens is 442 g/mol. The molecule has 0 aliphatic heterocycles. The van der Waals surface area contributed by atoms with Gasteiger partial charge in [0, 0.05) is 4.88 Å². The van der Waals surface area contributed by atoms with Crippen LogP contribution in [0, 0.1) is 11.3 Å². The fourth-order valence-corrected chi connectivity index (χ4v) is 6.12. The molecule has 1 heterocycles. The van der Waals surface area contributed by atoms with Gasteiger partial charge < -0.3 is 10.1 Å². The molecule has 0 radical (unpaired) electrons. The maximum Gasteiger partial charge on any atom is 0.341 e. The Kier molecular flexibility index (Phi) is 7.22. The van der Waals surface area contributed by atoms with E-state index in [1.807, 2.05) is 67.6 Å². The topological polar surface area (TPSA) is 55.4 Å². The van der Waals surface area contributed by atoms with Gasteiger partial charge in [-0.3, -0.25) is 4.79 Å². The van der Waals surface area contributed by atoms with Crippen LogP contribution >= 0.6 is 11.3 Å². The van der Waals surface area contributed by atoms with E-state index in [0.29, 0.717) is 23.1 Å². The highest BCUT2D eigenvalue weighted by atomic mass is 32.1. The van der Waals surface area contributed by atoms with Gasteiger partial charge in [0.1, 0.15) is 5.00 Å². The Hall–Kier alpha value is -2.92. The molecule has 1 atom stereocenters. The Morgan fingerprint density at radius 2 is 1.62 bits per heavy atom. The number of hydrogen-bond acceptors (Lipinski definition) is 4. The zero-order chi connectivity index (χ0) is 24.3. The van der Waals surface area contributed by atoms with Crippen molar-refractivity contribution in [3.05, 3.63) is 87.8 Å². The third-order valence-corrected chi connectivity index (χ3v) is 7.90. The Morgan fingerprint density at radius 1 is 1.03 bits per heavy atom. The maximum atomic E-state index is 13.7. The molecule has 34 heavy (non-hydrogen) atoms. The van der Waals surface area contributed by atoms with E-state index < -0.39 is 5.92 Å². The Morgan fingerprint density at radius 3 is 2.15 bits per heavy atom. The number of rotatable bonds is 6. The third kappa shape index (κ3) is 5.10. The smallest absolute Gasteiger partial charge is 0.341 e. The molecule has 4 nitrogen and oxygen atoms in total. The SMILES string of the molecule is CCOC(=O)c1c(NC(=O)C(c2ccccc2)c2ccccc2)sc2c1CC[C@@H](C(C)(C)C)C2. The lowest BCUT2D eigenvalue weighted by Gasteiger charge is -2.33. The Balaban J connectivity index is 1.71. The van der Waals surface area contributed by atoms with E-state index in [1.54, 1.807) is 0 Å². The number of thiophene rings is 1. The van der Waals surface area contributed by atoms with E-state index >= 15 is 0 Å². The molecule has 0 bridgehead atoms. The number of carbonyl (C=O) groups is 2. The quantitative estimate of drug-likeness (QED) is 0.397. The lowest BCUT2D eigenvalue weighted by atomic mass is 9.72. The van der Waals surface area contributed by atoms with Crippen molar-refractivity contribution in [1.82, 2.24) is 0 Å². The number of hydrogen-bond donors (Lipinski definition) is 1. The maximum absolute atomic E-state index is 13.7. The van der Waals surface area contributed by atoms with Crippen LogP contribution in [0.15, 0.2) is 60.7 Å². The molecule has 1 aliphatic rings. The second kappa shape index (κ2) is 10.1. The van der Waals surface area contributed by atoms with Gasteiger partial charge in [0.15, 0.2) is 0 Å². The number of fused-ring (bicyclic) bond motifs is 1. The standard InChI is InChI=1S/C29H33NO3S/c1-5-33-28(32)25-22-17-16-21(29(2,3)4)18-23(22)34-27(25)30-26(31)24(19-12-8-6-9-13-19)20-14-10-7-11-15-20/h6-15,21,24H,5,16-18H2,1-4H3,(H,30,31)/t21-/m1/s1. The molecule has 0 fully saturated rings. The van der Waals surface area contributed by atoms with Gasteiger partial charge in [0.05, 0.1) is 18.1 Å². The lowest BCUT2D eigenvalue weighted by Crippen LogP contribution is -2.26. The van der Waals surface area contributed by atoms with E-state index in [0.717, 1.165) is 36.0 Å². The Labute approximate surface area is 206 Å². The van der Waals surface area contributed by atoms with Gasteiger partial charge in [0.2, 0.25) is 5.91 Å². The number of anilines is 1. The number of benzene rings is 2. The van der Waals surface area contributed by atoms with Crippen LogP contribution in [-0.2, 0) is 22.4 Å². The predicted molar refractivity (Wildman–Crippen MR) is 139 cm³/mol. The highest BCUT2D eigenvalue weighted by Gasteiger charge is 2.35. The second-order valence-electron chi connectivity index (χ2n) is 9.98. The lowest BCUT2D eigenvalue weighted by molar-refractivity contribution is -0.116. The van der Waals surface area contributed by atoms with Crippen molar-refractivity contribution >= 4 is 28.2 Å². The van der Waals surface area contributed by atoms with Crippen molar-refractivity contribution in [1.29, 1.82) is 0 Å². The second-order valence-corrected chi connectivity index (χ2v) is 11.1. The predicted octanol–water partition coefficient (Wildman–Crippen LogP) is 6.85. The summed E-state index contributed by atoms with van der Waals surface area (Å²) in [6, 6.07) is 19.5. The first-order valence-electron chi connectivity index (χ1n) is 12.0. The molecule has 0 spiro atoms. The molecule has 0 unspecified atom stereocenters. The van der Waals surface area contributed by atoms with Crippen LogP contribution in [0.1, 0.15) is 72.0 Å². The molecule has 1 aromatic heterocycles. The highest BCUT2D eigenvalue weighted by molar-refractivity contribution is 7.17. The monoisotopic (exact) mass is 475 g/mol. The summed E-state index contributed by atoms with van der Waals surface area (Å²) in [5.41, 5.74) is 3.62. The largest absolute Gasteiger partial charge is 0.462 e. The van der Waals surface area contributed by atoms with E-state index in [2.05, 4.69) is 26.1 Å². The van der Waals surface area contributed by atoms with Crippen LogP contribution in [-0.4, -0.2) is 18.5 Å². The van der Waals surface area contributed by atoms with E-state index in [1.165, 1.54) is 16.2 Å². The first-order valence-corrected chi connectivity index (χ1v) is 12.8. The summed E-state index contributed by atoms with van der Waals surface area (Å²) < 4.78 is 5.41. The van der Waals surface area contributed by atoms with Gasteiger partial charge in [0.25, 0.3) is 0 Å². The molecule has 0 saturated carbocycles. The summed E-state index contributed by atoms with van der Waals surface area (Å²) in [5.74, 6) is -0.424. The zero-order valence-corrected chi connectivity index (χ0v) is 21.2. The first kappa shape index (κ1) is 24.2. The Bertz CT molecular complexity index is 1110. The molecule has 178 valence electrons. The van der Waals surface area contributed by atoms with Gasteiger partial charge in [-0.15, -0.1) is 11.3 Å². The summed E-state index contributed by atoms with van der Waals surface area (Å²) in [4.78, 5) is 27.9. The molecule has 1 aliphatic carbocycles. The van der Waals surface area contributed by atoms with Crippen LogP contribution in [0.25, 0.3) is 0 Å². The highest BCUT2D eigenvalue weighted by Crippen LogP contribution is 2.45. The summed E-state index contributed by atoms with van der Waals surface area (Å²) in [6.07, 6.45) is 2.79. The van der Waals surface area contributed by atoms with Crippen molar-refractivity contribution in [2.45, 2.75) is 52.9 Å². The number of carbonyl (C=O) groups excluding carboxylic acids is 2. The van der Waals surface area contributed by atoms with Crippen molar-refractivity contribution in [3.8, 4) is 0 Å². The van der Waals surface area contributed by atoms with Gasteiger partial charge >= 0.3 is 5.97 Å². The summed E-state index contributed by atoms with van der Waals surface area (Å²) in [5, 5.41) is 3.75. The van der Waals surface area contributed by atoms with Crippen molar-refractivity contribution in [2.24, 2.45) is 11.3 Å². The average Bonchev–Trinajstić information content (AvgIpc) is 3.17. The van der Waals surface area contributed by atoms with E-state index in [-0.39, 0.29) is 17.3 Å². The molecule has 1 amide bonds. The normalized spacial score (nSPS) is 15.6. The van der Waals surface area contributed by atoms with Crippen molar-refractivity contribution < 1.29 is 14.3 Å². The van der Waals surface area contributed by atoms with Crippen LogP contribution in [0.3, 0.4) is 0 Å². The molecule has 0 saturated heterocycles. The molecule has 4 rings (SSSR count). The first-order chi connectivity index (χ1) is 16.3. The van der Waals surface area contributed by atoms with Gasteiger partial charge in [-0.25, -0.2) is 4.79 Å². The molecule has 2 aromatic carbocycles. The summed E-state index contributed by atoms with van der Waals surface area (Å²) in [6.45, 7) is 8.93. The van der Waals surface area contributed by atoms with Crippen LogP contribution in [0.2, 0.25) is 0 Å². The van der Waals surface area contributed by atoms with Gasteiger partial charge in [-0.05, 0) is 54.2 Å². The summed E-state index contributed by atoms with van der Waals surface area (Å²) >= 11 is 1.54. The van der Waals surface area contributed by atoms with Gasteiger partial charge in [-0.2, -0.15) is 0 Å². The molecule has 5 heteroatoms. The van der Waals surface area contributed by atoms with Crippen LogP contribution < -0.4 is 5.32 Å². The third-order valence-electron chi connectivity index (χ3n) is 6.73. The summed E-state index contributed by atoms with van der Waals surface area (Å²) in [7, 11) is 0. The minimum absolute atomic E-state index is 0.145. The van der Waals surface area contributed by atoms with Gasteiger partial charge in [-0.1, -0.05) is 81.4 Å². The molecule has 1 N–H and O–H groups in total. The minimum atomic E-state index is -0.473. The minimum Gasteiger partial charge on any atom is -0.462 e. The number of ether oxygens (including phenoxy) is 1. The number of esters is 1. The van der Waals surface area contributed by atoms with Crippen LogP contribution in [0.4, 0.5) is 5.00 Å². The van der Waals surface area contributed by atoms with Crippen molar-refractivity contribution in [3.63, 3.8) is 0 Å². The van der Waals surface area contributed by atoms with Crippen LogP contribution in [0.5, 0.6) is 0 Å². The average molecular weight is 476 g/mol. The number of amides is 1. The zero-order valence-electron chi connectivity index (χ0n) is 20.4. The fourth-order valence-electron chi connectivity index (χ4n) is 4.80. The van der Waals surface area contributed by atoms with Crippen molar-refractivity contribution in [2.75, 3.05) is 11.9 Å². The van der Waals surface area contributed by atoms with E-state index in [9.17, 15) is 9.59 Å². The van der Waals surface area contributed by atoms with E-state index in [4.69, 9.17) is 4.74 Å².